The summed E-state index contributed by atoms with van der Waals surface area (Å²) in [6.45, 7) is 3.53. The molecule has 0 radical (unpaired) electrons. The van der Waals surface area contributed by atoms with Crippen molar-refractivity contribution >= 4 is 13.7 Å². The minimum Gasteiger partial charge on any atom is -0.493 e. The van der Waals surface area contributed by atoms with Gasteiger partial charge < -0.3 is 9.84 Å². The van der Waals surface area contributed by atoms with Crippen LogP contribution in [0.3, 0.4) is 0 Å². The molecular weight excluding hydrogens is 316 g/mol. The third kappa shape index (κ3) is 5.63. The van der Waals surface area contributed by atoms with Crippen molar-refractivity contribution in [1.29, 1.82) is 0 Å². The van der Waals surface area contributed by atoms with Crippen molar-refractivity contribution in [2.24, 2.45) is 5.92 Å². The van der Waals surface area contributed by atoms with E-state index in [9.17, 15) is 24.2 Å². The molecule has 0 saturated heterocycles. The molecule has 0 spiro atoms. The number of benzene rings is 1. The van der Waals surface area contributed by atoms with E-state index in [1.54, 1.807) is 6.92 Å². The summed E-state index contributed by atoms with van der Waals surface area (Å²) >= 11 is 0. The Hall–Kier alpha value is -1.63. The number of hydrogen-bond acceptors (Lipinski definition) is 6. The van der Waals surface area contributed by atoms with Gasteiger partial charge in [-0.05, 0) is 24.5 Å². The van der Waals surface area contributed by atoms with Gasteiger partial charge in [0.05, 0.1) is 30.2 Å². The van der Waals surface area contributed by atoms with E-state index in [1.165, 1.54) is 13.0 Å². The van der Waals surface area contributed by atoms with Crippen molar-refractivity contribution in [2.75, 3.05) is 19.4 Å². The van der Waals surface area contributed by atoms with Crippen LogP contribution in [0.1, 0.15) is 13.8 Å². The summed E-state index contributed by atoms with van der Waals surface area (Å²) in [4.78, 5) is 9.69. The Balaban J connectivity index is 2.67. The summed E-state index contributed by atoms with van der Waals surface area (Å²) < 4.78 is 35.3. The maximum Gasteiger partial charge on any atom is 0.508 e. The Kier molecular flexibility index (Phi) is 7.31. The second-order valence-electron chi connectivity index (χ2n) is 4.62. The first kappa shape index (κ1) is 18.4. The molecule has 1 aromatic rings. The third-order valence-corrected chi connectivity index (χ3v) is 4.23. The maximum atomic E-state index is 13.5. The number of aliphatic hydroxyl groups excluding tert-OH is 1. The molecule has 3 unspecified atom stereocenters. The van der Waals surface area contributed by atoms with Gasteiger partial charge in [0.1, 0.15) is 5.75 Å². The Morgan fingerprint density at radius 3 is 2.68 bits per heavy atom. The largest absolute Gasteiger partial charge is 0.508 e. The number of nitro benzene ring substituents is 1. The van der Waals surface area contributed by atoms with Crippen molar-refractivity contribution in [2.45, 2.75) is 20.0 Å². The lowest BCUT2D eigenvalue weighted by Gasteiger charge is -2.16. The van der Waals surface area contributed by atoms with Crippen molar-refractivity contribution in [3.63, 3.8) is 0 Å². The van der Waals surface area contributed by atoms with E-state index in [0.29, 0.717) is 6.61 Å². The molecule has 1 rings (SSSR count). The molecule has 1 aromatic carbocycles. The third-order valence-electron chi connectivity index (χ3n) is 2.92. The zero-order valence-corrected chi connectivity index (χ0v) is 13.2. The van der Waals surface area contributed by atoms with E-state index in [1.807, 2.05) is 0 Å². The highest BCUT2D eigenvalue weighted by atomic mass is 31.1. The van der Waals surface area contributed by atoms with E-state index in [4.69, 9.17) is 9.26 Å². The zero-order valence-electron chi connectivity index (χ0n) is 12.3. The smallest absolute Gasteiger partial charge is 0.493 e. The van der Waals surface area contributed by atoms with Crippen molar-refractivity contribution in [3.05, 3.63) is 34.1 Å². The van der Waals surface area contributed by atoms with Gasteiger partial charge in [0.25, 0.3) is 0 Å². The molecule has 0 aliphatic heterocycles. The minimum atomic E-state index is -1.91. The highest BCUT2D eigenvalue weighted by molar-refractivity contribution is 7.39. The Labute approximate surface area is 128 Å². The lowest BCUT2D eigenvalue weighted by Crippen LogP contribution is -2.26. The number of nitro groups is 1. The lowest BCUT2D eigenvalue weighted by molar-refractivity contribution is -0.387. The highest BCUT2D eigenvalue weighted by Crippen LogP contribution is 2.28. The van der Waals surface area contributed by atoms with Gasteiger partial charge >= 0.3 is 13.7 Å². The van der Waals surface area contributed by atoms with Crippen LogP contribution in [0.5, 0.6) is 5.75 Å². The molecule has 0 saturated carbocycles. The highest BCUT2D eigenvalue weighted by Gasteiger charge is 2.29. The maximum absolute atomic E-state index is 13.5. The van der Waals surface area contributed by atoms with Crippen molar-refractivity contribution < 1.29 is 28.2 Å². The van der Waals surface area contributed by atoms with Crippen LogP contribution in [0.15, 0.2) is 18.2 Å². The first-order valence-electron chi connectivity index (χ1n) is 6.67. The fraction of sp³-hybridized carbons (Fsp3) is 0.538. The van der Waals surface area contributed by atoms with Crippen LogP contribution >= 0.6 is 8.03 Å². The molecule has 0 heterocycles. The zero-order chi connectivity index (χ0) is 16.7. The Morgan fingerprint density at radius 1 is 1.50 bits per heavy atom. The van der Waals surface area contributed by atoms with Crippen LogP contribution in [0.25, 0.3) is 0 Å². The van der Waals surface area contributed by atoms with Crippen LogP contribution in [0, 0.1) is 21.8 Å². The summed E-state index contributed by atoms with van der Waals surface area (Å²) in [7, 11) is -1.91. The van der Waals surface area contributed by atoms with Gasteiger partial charge in [0.15, 0.2) is 6.16 Å². The van der Waals surface area contributed by atoms with E-state index < -0.39 is 36.5 Å². The molecule has 0 bridgehead atoms. The number of halogens is 1. The Morgan fingerprint density at radius 2 is 2.18 bits per heavy atom. The molecule has 122 valence electrons. The summed E-state index contributed by atoms with van der Waals surface area (Å²) in [6, 6.07) is 3.17. The fourth-order valence-electron chi connectivity index (χ4n) is 1.66. The molecule has 3 atom stereocenters. The molecule has 0 amide bonds. The topological polar surface area (TPSA) is 98.9 Å². The van der Waals surface area contributed by atoms with Gasteiger partial charge in [-0.2, -0.15) is 4.39 Å². The molecular formula is C13H18FNO6P+. The van der Waals surface area contributed by atoms with E-state index in [-0.39, 0.29) is 18.5 Å². The molecule has 1 N–H and O–H groups in total. The molecule has 7 nitrogen and oxygen atoms in total. The van der Waals surface area contributed by atoms with Gasteiger partial charge in [-0.3, -0.25) is 10.1 Å². The van der Waals surface area contributed by atoms with Crippen LogP contribution in [0.4, 0.5) is 10.1 Å². The Bertz CT molecular complexity index is 539. The van der Waals surface area contributed by atoms with Gasteiger partial charge in [-0.15, -0.1) is 4.52 Å². The molecule has 0 fully saturated rings. The van der Waals surface area contributed by atoms with Gasteiger partial charge in [0.2, 0.25) is 5.82 Å². The number of hydrogen-bond donors (Lipinski definition) is 1. The van der Waals surface area contributed by atoms with E-state index >= 15 is 0 Å². The SMILES string of the molecule is CCO[P+](=O)CC(COc1ccc([N+](=O)[O-])c(F)c1)C(C)O. The quantitative estimate of drug-likeness (QED) is 0.423. The van der Waals surface area contributed by atoms with E-state index in [2.05, 4.69) is 0 Å². The average molecular weight is 334 g/mol. The average Bonchev–Trinajstić information content (AvgIpc) is 2.43. The molecule has 0 aliphatic carbocycles. The van der Waals surface area contributed by atoms with Gasteiger partial charge in [0, 0.05) is 12.1 Å². The van der Waals surface area contributed by atoms with Crippen molar-refractivity contribution in [1.82, 2.24) is 0 Å². The second kappa shape index (κ2) is 8.73. The standard InChI is InChI=1S/C13H18FNO6P/c1-3-21-22(19)8-10(9(2)16)7-20-11-4-5-13(15(17)18)12(14)6-11/h4-6,9-10,16H,3,7-8H2,1-2H3/q+1. The van der Waals surface area contributed by atoms with Crippen LogP contribution in [0.2, 0.25) is 0 Å². The summed E-state index contributed by atoms with van der Waals surface area (Å²) in [5.74, 6) is -1.37. The molecule has 0 aromatic heterocycles. The first-order valence-corrected chi connectivity index (χ1v) is 8.03. The number of aliphatic hydroxyl groups is 1. The predicted octanol–water partition coefficient (Wildman–Crippen LogP) is 2.89. The lowest BCUT2D eigenvalue weighted by atomic mass is 10.1. The summed E-state index contributed by atoms with van der Waals surface area (Å²) in [5.41, 5.74) is -0.640. The van der Waals surface area contributed by atoms with Gasteiger partial charge in [-0.25, -0.2) is 0 Å². The molecule has 9 heteroatoms. The number of ether oxygens (including phenoxy) is 1. The predicted molar refractivity (Wildman–Crippen MR) is 77.8 cm³/mol. The minimum absolute atomic E-state index is 0.0108. The van der Waals surface area contributed by atoms with Crippen molar-refractivity contribution in [3.8, 4) is 5.75 Å². The monoisotopic (exact) mass is 334 g/mol. The van der Waals surface area contributed by atoms with E-state index in [0.717, 1.165) is 12.1 Å². The van der Waals surface area contributed by atoms with Gasteiger partial charge in [-0.1, -0.05) is 0 Å². The second-order valence-corrected chi connectivity index (χ2v) is 5.90. The molecule has 0 aliphatic rings. The number of rotatable bonds is 9. The normalized spacial score (nSPS) is 14.3. The first-order chi connectivity index (χ1) is 10.3. The summed E-state index contributed by atoms with van der Waals surface area (Å²) in [6.07, 6.45) is -0.682. The molecule has 22 heavy (non-hydrogen) atoms. The summed E-state index contributed by atoms with van der Waals surface area (Å²) in [5, 5.41) is 20.2. The van der Waals surface area contributed by atoms with Crippen LogP contribution < -0.4 is 4.74 Å². The number of nitrogens with zero attached hydrogens (tertiary/aromatic N) is 1. The fourth-order valence-corrected chi connectivity index (χ4v) is 2.85. The van der Waals surface area contributed by atoms with Crippen LogP contribution in [-0.4, -0.2) is 35.5 Å². The van der Waals surface area contributed by atoms with Crippen LogP contribution in [-0.2, 0) is 9.09 Å².